The molecule has 1 amide bonds. The first-order valence-corrected chi connectivity index (χ1v) is 5.51. The Balaban J connectivity index is 2.46. The summed E-state index contributed by atoms with van der Waals surface area (Å²) in [7, 11) is 1.79. The van der Waals surface area contributed by atoms with Gasteiger partial charge in [-0.2, -0.15) is 0 Å². The molecule has 0 aliphatic heterocycles. The van der Waals surface area contributed by atoms with Crippen LogP contribution in [-0.2, 0) is 4.74 Å². The minimum atomic E-state index is -0.425. The number of nitrogens with zero attached hydrogens (tertiary/aromatic N) is 1. The molecular weight excluding hydrogens is 192 g/mol. The molecule has 0 aromatic carbocycles. The topological polar surface area (TPSA) is 55.6 Å². The summed E-state index contributed by atoms with van der Waals surface area (Å²) in [6, 6.07) is 0.481. The van der Waals surface area contributed by atoms with Crippen molar-refractivity contribution in [2.45, 2.75) is 57.7 Å². The van der Waals surface area contributed by atoms with Crippen LogP contribution in [0.3, 0.4) is 0 Å². The van der Waals surface area contributed by atoms with E-state index in [2.05, 4.69) is 0 Å². The quantitative estimate of drug-likeness (QED) is 0.723. The van der Waals surface area contributed by atoms with Gasteiger partial charge in [0.2, 0.25) is 0 Å². The van der Waals surface area contributed by atoms with Gasteiger partial charge in [-0.25, -0.2) is 4.79 Å². The van der Waals surface area contributed by atoms with Gasteiger partial charge in [0, 0.05) is 19.1 Å². The Labute approximate surface area is 91.8 Å². The van der Waals surface area contributed by atoms with E-state index in [0.29, 0.717) is 0 Å². The van der Waals surface area contributed by atoms with Crippen LogP contribution in [0.25, 0.3) is 0 Å². The molecule has 4 heteroatoms. The fraction of sp³-hybridized carbons (Fsp3) is 0.909. The van der Waals surface area contributed by atoms with Crippen molar-refractivity contribution in [1.82, 2.24) is 4.90 Å². The molecule has 0 saturated heterocycles. The van der Waals surface area contributed by atoms with E-state index in [1.165, 1.54) is 0 Å². The van der Waals surface area contributed by atoms with Crippen molar-refractivity contribution >= 4 is 6.09 Å². The number of ether oxygens (including phenoxy) is 1. The normalized spacial score (nSPS) is 26.5. The molecule has 1 saturated carbocycles. The maximum atomic E-state index is 11.7. The summed E-state index contributed by atoms with van der Waals surface area (Å²) in [6.45, 7) is 5.62. The first kappa shape index (κ1) is 12.3. The Kier molecular flexibility index (Phi) is 3.60. The predicted molar refractivity (Wildman–Crippen MR) is 59.6 cm³/mol. The zero-order valence-electron chi connectivity index (χ0n) is 10.1. The summed E-state index contributed by atoms with van der Waals surface area (Å²) in [5.74, 6) is 0. The monoisotopic (exact) mass is 214 g/mol. The second kappa shape index (κ2) is 4.39. The van der Waals surface area contributed by atoms with Crippen molar-refractivity contribution in [2.75, 3.05) is 7.05 Å². The maximum Gasteiger partial charge on any atom is 0.410 e. The lowest BCUT2D eigenvalue weighted by molar-refractivity contribution is 0.0226. The summed E-state index contributed by atoms with van der Waals surface area (Å²) in [5, 5.41) is 0. The van der Waals surface area contributed by atoms with E-state index >= 15 is 0 Å². The molecule has 4 nitrogen and oxygen atoms in total. The highest BCUT2D eigenvalue weighted by atomic mass is 16.6. The largest absolute Gasteiger partial charge is 0.444 e. The van der Waals surface area contributed by atoms with Crippen LogP contribution in [0.4, 0.5) is 4.79 Å². The van der Waals surface area contributed by atoms with E-state index in [9.17, 15) is 4.79 Å². The van der Waals surface area contributed by atoms with Crippen molar-refractivity contribution in [3.8, 4) is 0 Å². The van der Waals surface area contributed by atoms with E-state index < -0.39 is 5.60 Å². The average molecular weight is 214 g/mol. The molecule has 0 aromatic heterocycles. The molecule has 2 N–H and O–H groups in total. The van der Waals surface area contributed by atoms with Gasteiger partial charge in [0.1, 0.15) is 5.60 Å². The SMILES string of the molecule is CN(C(=O)OC(C)(C)C)[C@H]1CC[C@@H](N)C1. The van der Waals surface area contributed by atoms with E-state index in [-0.39, 0.29) is 18.2 Å². The Morgan fingerprint density at radius 3 is 2.40 bits per heavy atom. The van der Waals surface area contributed by atoms with E-state index in [1.54, 1.807) is 11.9 Å². The number of amides is 1. The van der Waals surface area contributed by atoms with Gasteiger partial charge in [0.05, 0.1) is 0 Å². The zero-order valence-corrected chi connectivity index (χ0v) is 10.1. The number of hydrogen-bond acceptors (Lipinski definition) is 3. The van der Waals surface area contributed by atoms with Crippen LogP contribution >= 0.6 is 0 Å². The minimum absolute atomic E-state index is 0.236. The van der Waals surface area contributed by atoms with Gasteiger partial charge in [-0.3, -0.25) is 0 Å². The van der Waals surface area contributed by atoms with E-state index in [0.717, 1.165) is 19.3 Å². The molecule has 1 fully saturated rings. The van der Waals surface area contributed by atoms with Crippen LogP contribution in [0.15, 0.2) is 0 Å². The van der Waals surface area contributed by atoms with Gasteiger partial charge >= 0.3 is 6.09 Å². The van der Waals surface area contributed by atoms with Crippen LogP contribution in [0.5, 0.6) is 0 Å². The van der Waals surface area contributed by atoms with Gasteiger partial charge < -0.3 is 15.4 Å². The average Bonchev–Trinajstić information content (AvgIpc) is 2.47. The molecule has 2 atom stereocenters. The van der Waals surface area contributed by atoms with Crippen molar-refractivity contribution in [3.63, 3.8) is 0 Å². The summed E-state index contributed by atoms with van der Waals surface area (Å²) in [4.78, 5) is 13.4. The smallest absolute Gasteiger partial charge is 0.410 e. The first-order valence-electron chi connectivity index (χ1n) is 5.51. The molecule has 0 unspecified atom stereocenters. The van der Waals surface area contributed by atoms with Crippen molar-refractivity contribution < 1.29 is 9.53 Å². The molecule has 0 bridgehead atoms. The van der Waals surface area contributed by atoms with Crippen LogP contribution < -0.4 is 5.73 Å². The Morgan fingerprint density at radius 1 is 1.40 bits per heavy atom. The van der Waals surface area contributed by atoms with E-state index in [1.807, 2.05) is 20.8 Å². The molecule has 0 radical (unpaired) electrons. The van der Waals surface area contributed by atoms with Crippen molar-refractivity contribution in [2.24, 2.45) is 5.73 Å². The number of nitrogens with two attached hydrogens (primary N) is 1. The second-order valence-corrected chi connectivity index (χ2v) is 5.32. The lowest BCUT2D eigenvalue weighted by Crippen LogP contribution is -2.40. The molecule has 0 heterocycles. The fourth-order valence-corrected chi connectivity index (χ4v) is 1.83. The summed E-state index contributed by atoms with van der Waals surface area (Å²) in [6.07, 6.45) is 2.62. The van der Waals surface area contributed by atoms with Crippen molar-refractivity contribution in [1.29, 1.82) is 0 Å². The standard InChI is InChI=1S/C11H22N2O2/c1-11(2,3)15-10(14)13(4)9-6-5-8(12)7-9/h8-9H,5-7,12H2,1-4H3/t8-,9+/m1/s1. The molecule has 88 valence electrons. The molecular formula is C11H22N2O2. The predicted octanol–water partition coefficient (Wildman–Crippen LogP) is 1.73. The van der Waals surface area contributed by atoms with Gasteiger partial charge in [-0.05, 0) is 40.0 Å². The number of hydrogen-bond donors (Lipinski definition) is 1. The Morgan fingerprint density at radius 2 is 2.00 bits per heavy atom. The highest BCUT2D eigenvalue weighted by Gasteiger charge is 2.30. The van der Waals surface area contributed by atoms with Gasteiger partial charge in [-0.1, -0.05) is 0 Å². The zero-order chi connectivity index (χ0) is 11.6. The van der Waals surface area contributed by atoms with Gasteiger partial charge in [0.15, 0.2) is 0 Å². The van der Waals surface area contributed by atoms with Crippen LogP contribution in [0, 0.1) is 0 Å². The maximum absolute atomic E-state index is 11.7. The third-order valence-electron chi connectivity index (χ3n) is 2.67. The summed E-state index contributed by atoms with van der Waals surface area (Å²) < 4.78 is 5.29. The third-order valence-corrected chi connectivity index (χ3v) is 2.67. The van der Waals surface area contributed by atoms with Crippen LogP contribution in [0.2, 0.25) is 0 Å². The van der Waals surface area contributed by atoms with Gasteiger partial charge in [-0.15, -0.1) is 0 Å². The van der Waals surface area contributed by atoms with Crippen LogP contribution in [0.1, 0.15) is 40.0 Å². The Hall–Kier alpha value is -0.770. The Bertz CT molecular complexity index is 235. The minimum Gasteiger partial charge on any atom is -0.444 e. The second-order valence-electron chi connectivity index (χ2n) is 5.32. The first-order chi connectivity index (χ1) is 6.79. The number of carbonyl (C=O) groups is 1. The molecule has 1 aliphatic rings. The molecule has 1 rings (SSSR count). The number of rotatable bonds is 1. The molecule has 0 aromatic rings. The lowest BCUT2D eigenvalue weighted by Gasteiger charge is -2.28. The van der Waals surface area contributed by atoms with Gasteiger partial charge in [0.25, 0.3) is 0 Å². The third kappa shape index (κ3) is 3.70. The molecule has 0 spiro atoms. The molecule has 15 heavy (non-hydrogen) atoms. The number of carbonyl (C=O) groups excluding carboxylic acids is 1. The summed E-state index contributed by atoms with van der Waals surface area (Å²) >= 11 is 0. The fourth-order valence-electron chi connectivity index (χ4n) is 1.83. The van der Waals surface area contributed by atoms with E-state index in [4.69, 9.17) is 10.5 Å². The molecule has 1 aliphatic carbocycles. The highest BCUT2D eigenvalue weighted by Crippen LogP contribution is 2.23. The van der Waals surface area contributed by atoms with Crippen molar-refractivity contribution in [3.05, 3.63) is 0 Å². The lowest BCUT2D eigenvalue weighted by atomic mass is 10.2. The van der Waals surface area contributed by atoms with Crippen LogP contribution in [-0.4, -0.2) is 35.7 Å². The highest BCUT2D eigenvalue weighted by molar-refractivity contribution is 5.68. The summed E-state index contributed by atoms with van der Waals surface area (Å²) in [5.41, 5.74) is 5.39.